The highest BCUT2D eigenvalue weighted by atomic mass is 35.5. The van der Waals surface area contributed by atoms with Crippen LogP contribution in [0.1, 0.15) is 18.7 Å². The Morgan fingerprint density at radius 3 is 2.47 bits per heavy atom. The maximum absolute atomic E-state index is 13.2. The molecule has 0 radical (unpaired) electrons. The van der Waals surface area contributed by atoms with E-state index in [2.05, 4.69) is 10.4 Å². The molecule has 2 aromatic carbocycles. The molecule has 0 saturated carbocycles. The topological polar surface area (TPSA) is 82.2 Å². The zero-order valence-corrected chi connectivity index (χ0v) is 17.9. The van der Waals surface area contributed by atoms with Crippen LogP contribution in [0.3, 0.4) is 0 Å². The number of hydrazine groups is 1. The molecule has 32 heavy (non-hydrogen) atoms. The fourth-order valence-corrected chi connectivity index (χ4v) is 4.20. The number of halogens is 2. The van der Waals surface area contributed by atoms with E-state index in [1.165, 1.54) is 12.1 Å². The van der Waals surface area contributed by atoms with Gasteiger partial charge in [0.25, 0.3) is 0 Å². The number of rotatable bonds is 4. The molecule has 3 aromatic rings. The van der Waals surface area contributed by atoms with Crippen LogP contribution in [-0.2, 0) is 11.3 Å². The molecule has 2 aliphatic heterocycles. The van der Waals surface area contributed by atoms with E-state index in [0.29, 0.717) is 17.4 Å². The maximum atomic E-state index is 13.2. The minimum absolute atomic E-state index is 0.307. The van der Waals surface area contributed by atoms with Crippen molar-refractivity contribution in [2.24, 2.45) is 4.99 Å². The smallest absolute Gasteiger partial charge is 0.164 e. The Kier molecular flexibility index (Phi) is 5.38. The predicted molar refractivity (Wildman–Crippen MR) is 120 cm³/mol. The number of hydrogen-bond donors (Lipinski definition) is 3. The van der Waals surface area contributed by atoms with Gasteiger partial charge in [0.1, 0.15) is 30.2 Å². The molecule has 3 N–H and O–H groups in total. The molecule has 0 unspecified atom stereocenters. The Morgan fingerprint density at radius 2 is 1.81 bits per heavy atom. The van der Waals surface area contributed by atoms with Gasteiger partial charge in [0.2, 0.25) is 0 Å². The first kappa shape index (κ1) is 21.0. The van der Waals surface area contributed by atoms with Gasteiger partial charge in [-0.1, -0.05) is 23.7 Å². The Bertz CT molecular complexity index is 1150. The summed E-state index contributed by atoms with van der Waals surface area (Å²) >= 11 is 6.07. The lowest BCUT2D eigenvalue weighted by atomic mass is 10.0. The molecule has 2 aliphatic rings. The summed E-state index contributed by atoms with van der Waals surface area (Å²) in [6.45, 7) is 2.18. The van der Waals surface area contributed by atoms with Gasteiger partial charge in [-0.05, 0) is 48.9 Å². The van der Waals surface area contributed by atoms with E-state index >= 15 is 0 Å². The van der Waals surface area contributed by atoms with Crippen molar-refractivity contribution >= 4 is 29.4 Å². The zero-order chi connectivity index (χ0) is 22.4. The Hall–Kier alpha value is -2.91. The summed E-state index contributed by atoms with van der Waals surface area (Å²) in [6.07, 6.45) is 0.187. The molecule has 7 nitrogen and oxygen atoms in total. The third-order valence-electron chi connectivity index (χ3n) is 5.78. The normalized spacial score (nSPS) is 24.6. The van der Waals surface area contributed by atoms with Gasteiger partial charge < -0.3 is 19.5 Å². The highest BCUT2D eigenvalue weighted by Crippen LogP contribution is 2.41. The summed E-state index contributed by atoms with van der Waals surface area (Å²) in [5, 5.41) is 23.2. The largest absolute Gasteiger partial charge is 0.388 e. The molecule has 5 rings (SSSR count). The van der Waals surface area contributed by atoms with Gasteiger partial charge >= 0.3 is 0 Å². The second-order valence-corrected chi connectivity index (χ2v) is 8.40. The summed E-state index contributed by atoms with van der Waals surface area (Å²) in [5.74, 6) is 0.330. The summed E-state index contributed by atoms with van der Waals surface area (Å²) in [6, 6.07) is 13.5. The van der Waals surface area contributed by atoms with Crippen molar-refractivity contribution in [3.8, 4) is 11.1 Å². The number of aromatic nitrogens is 1. The molecule has 3 heterocycles. The van der Waals surface area contributed by atoms with Crippen LogP contribution in [0.25, 0.3) is 11.1 Å². The first-order valence-electron chi connectivity index (χ1n) is 10.2. The molecule has 1 aromatic heterocycles. The second-order valence-electron chi connectivity index (χ2n) is 7.96. The number of nitrogens with zero attached hydrogens (tertiary/aromatic N) is 3. The van der Waals surface area contributed by atoms with Crippen molar-refractivity contribution in [1.29, 1.82) is 0 Å². The summed E-state index contributed by atoms with van der Waals surface area (Å²) in [4.78, 5) is 4.61. The lowest BCUT2D eigenvalue weighted by molar-refractivity contribution is -0.0308. The van der Waals surface area contributed by atoms with Crippen LogP contribution in [0, 0.1) is 5.82 Å². The number of aliphatic hydroxyl groups excluding tert-OH is 2. The number of aliphatic imine (C=N–C) groups is 1. The molecule has 1 saturated heterocycles. The highest BCUT2D eigenvalue weighted by Gasteiger charge is 2.42. The quantitative estimate of drug-likeness (QED) is 0.551. The number of nitrogens with one attached hydrogen (secondary N) is 1. The molecular weight excluding hydrogens is 435 g/mol. The maximum Gasteiger partial charge on any atom is 0.164 e. The molecule has 166 valence electrons. The van der Waals surface area contributed by atoms with E-state index in [-0.39, 0.29) is 5.82 Å². The van der Waals surface area contributed by atoms with Crippen LogP contribution < -0.4 is 5.43 Å². The number of anilines is 1. The van der Waals surface area contributed by atoms with Gasteiger partial charge in [-0.2, -0.15) is 0 Å². The summed E-state index contributed by atoms with van der Waals surface area (Å²) in [5.41, 5.74) is 6.68. The first-order chi connectivity index (χ1) is 15.4. The van der Waals surface area contributed by atoms with Gasteiger partial charge in [0.05, 0.1) is 18.3 Å². The molecule has 0 spiro atoms. The van der Waals surface area contributed by atoms with Crippen LogP contribution >= 0.6 is 11.6 Å². The van der Waals surface area contributed by atoms with E-state index in [1.54, 1.807) is 35.0 Å². The fourth-order valence-electron chi connectivity index (χ4n) is 4.08. The number of benzene rings is 2. The van der Waals surface area contributed by atoms with E-state index in [1.807, 2.05) is 30.5 Å². The van der Waals surface area contributed by atoms with E-state index in [9.17, 15) is 14.6 Å². The van der Waals surface area contributed by atoms with Crippen LogP contribution in [0.5, 0.6) is 0 Å². The van der Waals surface area contributed by atoms with E-state index < -0.39 is 24.5 Å². The number of fused-ring (bicyclic) bond motifs is 1. The Labute approximate surface area is 189 Å². The number of hydrogen-bond acceptors (Lipinski definition) is 6. The van der Waals surface area contributed by atoms with Gasteiger partial charge in [-0.15, -0.1) is 0 Å². The average molecular weight is 457 g/mol. The van der Waals surface area contributed by atoms with Gasteiger partial charge in [0.15, 0.2) is 6.23 Å². The van der Waals surface area contributed by atoms with Crippen molar-refractivity contribution in [3.63, 3.8) is 0 Å². The van der Waals surface area contributed by atoms with Crippen LogP contribution in [0.2, 0.25) is 5.02 Å². The predicted octanol–water partition coefficient (Wildman–Crippen LogP) is 4.09. The van der Waals surface area contributed by atoms with Gasteiger partial charge in [0, 0.05) is 22.3 Å². The highest BCUT2D eigenvalue weighted by molar-refractivity contribution is 6.30. The zero-order valence-electron chi connectivity index (χ0n) is 17.2. The minimum atomic E-state index is -1.08. The fraction of sp³-hybridized carbons (Fsp3) is 0.261. The van der Waals surface area contributed by atoms with Crippen molar-refractivity contribution in [1.82, 2.24) is 9.58 Å². The van der Waals surface area contributed by atoms with Crippen molar-refractivity contribution in [2.75, 3.05) is 5.43 Å². The Balaban J connectivity index is 1.52. The third-order valence-corrected chi connectivity index (χ3v) is 6.03. The standard InChI is InChI=1S/C23H22ClFN4O3/c1-13-20(30)21(31)23(32-13)29-11-18(14-2-4-15(24)5-3-14)19-10-28(12-26-22(19)29)27-17-8-6-16(25)7-9-17/h2-9,11-13,20-21,23,27,30-31H,10H2,1H3/t13-,20-,21-,23-/m1/s1. The molecule has 0 aliphatic carbocycles. The van der Waals surface area contributed by atoms with Crippen LogP contribution in [0.15, 0.2) is 59.7 Å². The Morgan fingerprint density at radius 1 is 1.09 bits per heavy atom. The lowest BCUT2D eigenvalue weighted by Gasteiger charge is -2.26. The van der Waals surface area contributed by atoms with Crippen molar-refractivity contribution < 1.29 is 19.3 Å². The van der Waals surface area contributed by atoms with Crippen LogP contribution in [-0.4, -0.2) is 44.4 Å². The molecular formula is C23H22ClFN4O3. The molecule has 1 fully saturated rings. The average Bonchev–Trinajstić information content (AvgIpc) is 3.28. The van der Waals surface area contributed by atoms with Crippen LogP contribution in [0.4, 0.5) is 15.9 Å². The van der Waals surface area contributed by atoms with Crippen molar-refractivity contribution in [3.05, 3.63) is 71.1 Å². The minimum Gasteiger partial charge on any atom is -0.388 e. The molecule has 0 amide bonds. The van der Waals surface area contributed by atoms with Gasteiger partial charge in [-0.3, -0.25) is 10.4 Å². The summed E-state index contributed by atoms with van der Waals surface area (Å²) < 4.78 is 20.8. The third kappa shape index (κ3) is 3.75. The summed E-state index contributed by atoms with van der Waals surface area (Å²) in [7, 11) is 0. The second kappa shape index (κ2) is 8.22. The monoisotopic (exact) mass is 456 g/mol. The first-order valence-corrected chi connectivity index (χ1v) is 10.6. The van der Waals surface area contributed by atoms with Gasteiger partial charge in [-0.25, -0.2) is 9.38 Å². The molecule has 9 heteroatoms. The number of ether oxygens (including phenoxy) is 1. The molecule has 0 bridgehead atoms. The van der Waals surface area contributed by atoms with E-state index in [0.717, 1.165) is 22.4 Å². The van der Waals surface area contributed by atoms with E-state index in [4.69, 9.17) is 16.3 Å². The number of aliphatic hydroxyl groups is 2. The molecule has 4 atom stereocenters. The lowest BCUT2D eigenvalue weighted by Crippen LogP contribution is -2.31. The van der Waals surface area contributed by atoms with Crippen molar-refractivity contribution in [2.45, 2.75) is 38.0 Å². The SMILES string of the molecule is C[C@H]1O[C@@H](n2cc(-c3ccc(Cl)cc3)c3c2N=CN(Nc2ccc(F)cc2)C3)[C@H](O)[C@@H]1O.